The van der Waals surface area contributed by atoms with Crippen LogP contribution in [-0.2, 0) is 6.54 Å². The van der Waals surface area contributed by atoms with Crippen LogP contribution >= 0.6 is 0 Å². The Kier molecular flexibility index (Phi) is 5.48. The number of hydrogen-bond acceptors (Lipinski definition) is 3. The van der Waals surface area contributed by atoms with Crippen molar-refractivity contribution in [2.45, 2.75) is 25.6 Å². The molecule has 0 amide bonds. The molecule has 1 N–H and O–H groups in total. The van der Waals surface area contributed by atoms with Crippen LogP contribution in [0.1, 0.15) is 18.4 Å². The van der Waals surface area contributed by atoms with Gasteiger partial charge in [-0.25, -0.2) is 13.2 Å². The molecule has 1 heterocycles. The van der Waals surface area contributed by atoms with Gasteiger partial charge >= 0.3 is 0 Å². The van der Waals surface area contributed by atoms with E-state index in [0.29, 0.717) is 18.5 Å². The zero-order chi connectivity index (χ0) is 18.7. The van der Waals surface area contributed by atoms with Gasteiger partial charge < -0.3 is 5.11 Å². The molecule has 0 radical (unpaired) electrons. The number of nitriles is 1. The lowest BCUT2D eigenvalue weighted by Gasteiger charge is -2.33. The predicted molar refractivity (Wildman–Crippen MR) is 92.0 cm³/mol. The van der Waals surface area contributed by atoms with Crippen molar-refractivity contribution in [2.24, 2.45) is 5.92 Å². The van der Waals surface area contributed by atoms with Crippen LogP contribution < -0.4 is 0 Å². The number of hydrogen-bond donors (Lipinski definition) is 1. The number of likely N-dealkylation sites (tertiary alicyclic amines) is 1. The van der Waals surface area contributed by atoms with Crippen molar-refractivity contribution < 1.29 is 18.3 Å². The lowest BCUT2D eigenvalue weighted by molar-refractivity contribution is 0.0805. The number of nitrogens with zero attached hydrogens (tertiary/aromatic N) is 2. The van der Waals surface area contributed by atoms with Crippen molar-refractivity contribution in [3.63, 3.8) is 0 Å². The molecule has 1 aliphatic rings. The Balaban J connectivity index is 1.82. The Hall–Kier alpha value is -2.52. The maximum atomic E-state index is 14.6. The first-order valence-electron chi connectivity index (χ1n) is 8.50. The highest BCUT2D eigenvalue weighted by atomic mass is 19.1. The average Bonchev–Trinajstić information content (AvgIpc) is 2.65. The van der Waals surface area contributed by atoms with Gasteiger partial charge in [0.15, 0.2) is 11.6 Å². The molecule has 136 valence electrons. The summed E-state index contributed by atoms with van der Waals surface area (Å²) in [6.07, 6.45) is -0.595. The number of phenolic OH excluding ortho intramolecular Hbond substituents is 1. The van der Waals surface area contributed by atoms with E-state index in [0.717, 1.165) is 6.07 Å². The van der Waals surface area contributed by atoms with Gasteiger partial charge in [0.05, 0.1) is 6.07 Å². The van der Waals surface area contributed by atoms with Crippen molar-refractivity contribution in [1.29, 1.82) is 5.26 Å². The maximum Gasteiger partial charge on any atom is 0.172 e. The fourth-order valence-electron chi connectivity index (χ4n) is 3.36. The Morgan fingerprint density at radius 3 is 2.62 bits per heavy atom. The van der Waals surface area contributed by atoms with Crippen molar-refractivity contribution in [1.82, 2.24) is 4.90 Å². The summed E-state index contributed by atoms with van der Waals surface area (Å²) in [5, 5.41) is 18.9. The van der Waals surface area contributed by atoms with E-state index in [1.807, 2.05) is 6.07 Å². The first-order valence-corrected chi connectivity index (χ1v) is 8.50. The van der Waals surface area contributed by atoms with Gasteiger partial charge in [0.2, 0.25) is 0 Å². The van der Waals surface area contributed by atoms with Gasteiger partial charge in [-0.15, -0.1) is 0 Å². The SMILES string of the molecule is N#CCC1CCN(Cc2c(F)cc(-c3ccccc3)c(O)c2F)CC1F. The largest absolute Gasteiger partial charge is 0.504 e. The Labute approximate surface area is 150 Å². The number of benzene rings is 2. The summed E-state index contributed by atoms with van der Waals surface area (Å²) in [7, 11) is 0. The van der Waals surface area contributed by atoms with E-state index in [2.05, 4.69) is 0 Å². The van der Waals surface area contributed by atoms with E-state index in [-0.39, 0.29) is 36.6 Å². The molecule has 3 rings (SSSR count). The molecule has 1 fully saturated rings. The Morgan fingerprint density at radius 1 is 1.23 bits per heavy atom. The van der Waals surface area contributed by atoms with E-state index in [1.165, 1.54) is 0 Å². The first kappa shape index (κ1) is 18.3. The van der Waals surface area contributed by atoms with Gasteiger partial charge in [-0.05, 0) is 24.6 Å². The number of phenols is 1. The van der Waals surface area contributed by atoms with Crippen LogP contribution in [0.3, 0.4) is 0 Å². The Bertz CT molecular complexity index is 820. The number of alkyl halides is 1. The van der Waals surface area contributed by atoms with Crippen LogP contribution in [0.5, 0.6) is 5.75 Å². The van der Waals surface area contributed by atoms with Crippen LogP contribution in [0.25, 0.3) is 11.1 Å². The topological polar surface area (TPSA) is 47.3 Å². The summed E-state index contributed by atoms with van der Waals surface area (Å²) in [6.45, 7) is 0.346. The summed E-state index contributed by atoms with van der Waals surface area (Å²) >= 11 is 0. The molecule has 0 bridgehead atoms. The van der Waals surface area contributed by atoms with Crippen molar-refractivity contribution in [3.8, 4) is 22.9 Å². The molecule has 1 aliphatic heterocycles. The third kappa shape index (κ3) is 3.68. The molecule has 1 saturated heterocycles. The van der Waals surface area contributed by atoms with Crippen LogP contribution in [0.15, 0.2) is 36.4 Å². The van der Waals surface area contributed by atoms with Crippen LogP contribution in [0, 0.1) is 28.9 Å². The molecular formula is C20H19F3N2O. The van der Waals surface area contributed by atoms with E-state index in [9.17, 15) is 18.3 Å². The van der Waals surface area contributed by atoms with Gasteiger partial charge in [0, 0.05) is 36.6 Å². The summed E-state index contributed by atoms with van der Waals surface area (Å²) in [6, 6.07) is 11.6. The minimum absolute atomic E-state index is 0.0203. The zero-order valence-corrected chi connectivity index (χ0v) is 14.1. The molecule has 0 saturated carbocycles. The van der Waals surface area contributed by atoms with Gasteiger partial charge in [0.1, 0.15) is 12.0 Å². The minimum Gasteiger partial charge on any atom is -0.504 e. The second kappa shape index (κ2) is 7.79. The highest BCUT2D eigenvalue weighted by Gasteiger charge is 2.30. The van der Waals surface area contributed by atoms with Crippen molar-refractivity contribution in [3.05, 3.63) is 53.6 Å². The second-order valence-electron chi connectivity index (χ2n) is 6.58. The highest BCUT2D eigenvalue weighted by molar-refractivity contribution is 5.71. The van der Waals surface area contributed by atoms with E-state index < -0.39 is 23.6 Å². The highest BCUT2D eigenvalue weighted by Crippen LogP contribution is 2.35. The van der Waals surface area contributed by atoms with Crippen LogP contribution in [-0.4, -0.2) is 29.3 Å². The summed E-state index contributed by atoms with van der Waals surface area (Å²) in [4.78, 5) is 1.61. The van der Waals surface area contributed by atoms with E-state index in [1.54, 1.807) is 35.2 Å². The molecule has 26 heavy (non-hydrogen) atoms. The second-order valence-corrected chi connectivity index (χ2v) is 6.58. The normalized spacial score (nSPS) is 20.7. The number of halogens is 3. The lowest BCUT2D eigenvalue weighted by atomic mass is 9.92. The fourth-order valence-corrected chi connectivity index (χ4v) is 3.36. The number of aromatic hydroxyl groups is 1. The van der Waals surface area contributed by atoms with Crippen LogP contribution in [0.4, 0.5) is 13.2 Å². The average molecular weight is 360 g/mol. The molecule has 0 aliphatic carbocycles. The molecule has 0 aromatic heterocycles. The predicted octanol–water partition coefficient (Wildman–Crippen LogP) is 4.41. The molecular weight excluding hydrogens is 341 g/mol. The standard InChI is InChI=1S/C20H19F3N2O/c21-17-10-15(13-4-2-1-3-5-13)20(26)19(23)16(17)11-25-9-7-14(6-8-24)18(22)12-25/h1-5,10,14,18,26H,6-7,9,11-12H2. The number of piperidine rings is 1. The molecule has 3 nitrogen and oxygen atoms in total. The third-order valence-electron chi connectivity index (χ3n) is 4.87. The van der Waals surface area contributed by atoms with Crippen molar-refractivity contribution >= 4 is 0 Å². The Morgan fingerprint density at radius 2 is 1.96 bits per heavy atom. The molecule has 2 atom stereocenters. The first-order chi connectivity index (χ1) is 12.5. The van der Waals surface area contributed by atoms with Crippen molar-refractivity contribution in [2.75, 3.05) is 13.1 Å². The lowest BCUT2D eigenvalue weighted by Crippen LogP contribution is -2.41. The molecule has 2 aromatic rings. The maximum absolute atomic E-state index is 14.6. The van der Waals surface area contributed by atoms with Crippen LogP contribution in [0.2, 0.25) is 0 Å². The molecule has 6 heteroatoms. The van der Waals surface area contributed by atoms with E-state index >= 15 is 0 Å². The monoisotopic (exact) mass is 360 g/mol. The molecule has 0 spiro atoms. The summed E-state index contributed by atoms with van der Waals surface area (Å²) < 4.78 is 43.2. The van der Waals surface area contributed by atoms with E-state index in [4.69, 9.17) is 5.26 Å². The van der Waals surface area contributed by atoms with Gasteiger partial charge in [-0.1, -0.05) is 30.3 Å². The summed E-state index contributed by atoms with van der Waals surface area (Å²) in [5.41, 5.74) is 0.323. The molecule has 2 unspecified atom stereocenters. The fraction of sp³-hybridized carbons (Fsp3) is 0.350. The molecule has 2 aromatic carbocycles. The third-order valence-corrected chi connectivity index (χ3v) is 4.87. The minimum atomic E-state index is -1.20. The zero-order valence-electron chi connectivity index (χ0n) is 14.1. The van der Waals surface area contributed by atoms with Gasteiger partial charge in [0.25, 0.3) is 0 Å². The van der Waals surface area contributed by atoms with Gasteiger partial charge in [-0.3, -0.25) is 4.90 Å². The number of rotatable bonds is 4. The van der Waals surface area contributed by atoms with Gasteiger partial charge in [-0.2, -0.15) is 5.26 Å². The summed E-state index contributed by atoms with van der Waals surface area (Å²) in [5.74, 6) is -2.73. The smallest absolute Gasteiger partial charge is 0.172 e. The quantitative estimate of drug-likeness (QED) is 0.878.